The predicted molar refractivity (Wildman–Crippen MR) is 37.9 cm³/mol. The number of hydrogen-bond acceptors (Lipinski definition) is 1. The third-order valence-electron chi connectivity index (χ3n) is 0.958. The molecule has 0 aromatic carbocycles. The second-order valence-electron chi connectivity index (χ2n) is 2.02. The summed E-state index contributed by atoms with van der Waals surface area (Å²) >= 11 is 0. The Morgan fingerprint density at radius 2 is 2.22 bits per heavy atom. The van der Waals surface area contributed by atoms with Crippen LogP contribution >= 0.6 is 0 Å². The Morgan fingerprint density at radius 3 is 2.67 bits per heavy atom. The highest BCUT2D eigenvalue weighted by molar-refractivity contribution is 5.53. The highest BCUT2D eigenvalue weighted by Gasteiger charge is 1.92. The van der Waals surface area contributed by atoms with Crippen molar-refractivity contribution in [3.63, 3.8) is 0 Å². The smallest absolute Gasteiger partial charge is 0.123 e. The lowest BCUT2D eigenvalue weighted by molar-refractivity contribution is -0.110. The fraction of sp³-hybridized carbons (Fsp3) is 0.625. The molecule has 9 heavy (non-hydrogen) atoms. The Hall–Kier alpha value is -0.770. The summed E-state index contributed by atoms with van der Waals surface area (Å²) in [5.74, 6) is 5.91. The molecule has 1 nitrogen and oxygen atoms in total. The van der Waals surface area contributed by atoms with E-state index in [0.717, 1.165) is 12.7 Å². The zero-order chi connectivity index (χ0) is 7.11. The van der Waals surface area contributed by atoms with E-state index in [2.05, 4.69) is 11.8 Å². The largest absolute Gasteiger partial charge is 0.303 e. The molecule has 0 amide bonds. The standard InChI is InChI=1S/C8H12O/c1-3-4-5-6-8(2)7-9/h7-8H,3,6H2,1-2H3/t8-/m1/s1. The van der Waals surface area contributed by atoms with Crippen molar-refractivity contribution >= 4 is 6.29 Å². The van der Waals surface area contributed by atoms with Crippen LogP contribution in [0.3, 0.4) is 0 Å². The van der Waals surface area contributed by atoms with Gasteiger partial charge < -0.3 is 4.79 Å². The molecule has 0 aliphatic heterocycles. The molecule has 0 spiro atoms. The summed E-state index contributed by atoms with van der Waals surface area (Å²) in [4.78, 5) is 10.0. The van der Waals surface area contributed by atoms with Crippen LogP contribution < -0.4 is 0 Å². The van der Waals surface area contributed by atoms with E-state index in [-0.39, 0.29) is 5.92 Å². The first-order chi connectivity index (χ1) is 4.31. The van der Waals surface area contributed by atoms with Gasteiger partial charge in [0, 0.05) is 18.8 Å². The molecular weight excluding hydrogens is 112 g/mol. The molecule has 0 aliphatic rings. The zero-order valence-electron chi connectivity index (χ0n) is 5.98. The van der Waals surface area contributed by atoms with E-state index in [1.54, 1.807) is 0 Å². The van der Waals surface area contributed by atoms with E-state index in [4.69, 9.17) is 0 Å². The van der Waals surface area contributed by atoms with Gasteiger partial charge in [-0.15, -0.1) is 11.8 Å². The van der Waals surface area contributed by atoms with Crippen LogP contribution in [0, 0.1) is 17.8 Å². The van der Waals surface area contributed by atoms with Crippen LogP contribution in [0.25, 0.3) is 0 Å². The minimum atomic E-state index is 0.101. The van der Waals surface area contributed by atoms with Gasteiger partial charge in [0.05, 0.1) is 0 Å². The maximum atomic E-state index is 10.0. The topological polar surface area (TPSA) is 17.1 Å². The molecule has 0 aromatic heterocycles. The second-order valence-corrected chi connectivity index (χ2v) is 2.02. The summed E-state index contributed by atoms with van der Waals surface area (Å²) in [6.07, 6.45) is 2.52. The van der Waals surface area contributed by atoms with Gasteiger partial charge in [-0.05, 0) is 0 Å². The molecule has 0 rings (SSSR count). The zero-order valence-corrected chi connectivity index (χ0v) is 5.98. The summed E-state index contributed by atoms with van der Waals surface area (Å²) < 4.78 is 0. The molecule has 0 fully saturated rings. The monoisotopic (exact) mass is 124 g/mol. The van der Waals surface area contributed by atoms with Crippen molar-refractivity contribution in [1.29, 1.82) is 0 Å². The number of rotatable bonds is 2. The van der Waals surface area contributed by atoms with Crippen molar-refractivity contribution in [3.8, 4) is 11.8 Å². The van der Waals surface area contributed by atoms with E-state index in [1.807, 2.05) is 13.8 Å². The summed E-state index contributed by atoms with van der Waals surface area (Å²) in [6.45, 7) is 3.87. The van der Waals surface area contributed by atoms with Crippen LogP contribution in [-0.4, -0.2) is 6.29 Å². The quantitative estimate of drug-likeness (QED) is 0.404. The number of carbonyl (C=O) groups excluding carboxylic acids is 1. The minimum Gasteiger partial charge on any atom is -0.303 e. The lowest BCUT2D eigenvalue weighted by Gasteiger charge is -1.90. The van der Waals surface area contributed by atoms with Crippen LogP contribution in [0.4, 0.5) is 0 Å². The van der Waals surface area contributed by atoms with Crippen molar-refractivity contribution in [3.05, 3.63) is 0 Å². The minimum absolute atomic E-state index is 0.101. The van der Waals surface area contributed by atoms with Gasteiger partial charge in [-0.3, -0.25) is 0 Å². The van der Waals surface area contributed by atoms with Crippen molar-refractivity contribution in [2.75, 3.05) is 0 Å². The molecule has 0 aromatic rings. The third kappa shape index (κ3) is 5.10. The lowest BCUT2D eigenvalue weighted by atomic mass is 10.1. The maximum Gasteiger partial charge on any atom is 0.123 e. The van der Waals surface area contributed by atoms with Crippen LogP contribution in [0.5, 0.6) is 0 Å². The predicted octanol–water partition coefficient (Wildman–Crippen LogP) is 1.62. The van der Waals surface area contributed by atoms with Gasteiger partial charge in [0.25, 0.3) is 0 Å². The first-order valence-electron chi connectivity index (χ1n) is 3.22. The van der Waals surface area contributed by atoms with Gasteiger partial charge in [0.15, 0.2) is 0 Å². The summed E-state index contributed by atoms with van der Waals surface area (Å²) in [7, 11) is 0. The van der Waals surface area contributed by atoms with Crippen molar-refractivity contribution in [2.24, 2.45) is 5.92 Å². The Kier molecular flexibility index (Phi) is 4.91. The van der Waals surface area contributed by atoms with Crippen molar-refractivity contribution in [2.45, 2.75) is 26.7 Å². The van der Waals surface area contributed by atoms with E-state index in [9.17, 15) is 4.79 Å². The molecule has 0 bridgehead atoms. The molecule has 0 saturated carbocycles. The molecule has 0 saturated heterocycles. The molecule has 0 radical (unpaired) electrons. The molecule has 0 unspecified atom stereocenters. The Morgan fingerprint density at radius 1 is 1.56 bits per heavy atom. The van der Waals surface area contributed by atoms with Crippen LogP contribution in [0.1, 0.15) is 26.7 Å². The normalized spacial score (nSPS) is 11.3. The van der Waals surface area contributed by atoms with E-state index in [0.29, 0.717) is 6.42 Å². The first-order valence-corrected chi connectivity index (χ1v) is 3.22. The van der Waals surface area contributed by atoms with Crippen molar-refractivity contribution in [1.82, 2.24) is 0 Å². The summed E-state index contributed by atoms with van der Waals surface area (Å²) in [5.41, 5.74) is 0. The fourth-order valence-corrected chi connectivity index (χ4v) is 0.406. The maximum absolute atomic E-state index is 10.0. The molecule has 1 atom stereocenters. The number of hydrogen-bond donors (Lipinski definition) is 0. The highest BCUT2D eigenvalue weighted by atomic mass is 16.1. The SMILES string of the molecule is CCC#CC[C@@H](C)C=O. The third-order valence-corrected chi connectivity index (χ3v) is 0.958. The van der Waals surface area contributed by atoms with Gasteiger partial charge >= 0.3 is 0 Å². The molecular formula is C8H12O. The fourth-order valence-electron chi connectivity index (χ4n) is 0.406. The second kappa shape index (κ2) is 5.37. The summed E-state index contributed by atoms with van der Waals surface area (Å²) in [6, 6.07) is 0. The average molecular weight is 124 g/mol. The van der Waals surface area contributed by atoms with Gasteiger partial charge in [-0.25, -0.2) is 0 Å². The lowest BCUT2D eigenvalue weighted by Crippen LogP contribution is -1.91. The number of carbonyl (C=O) groups is 1. The van der Waals surface area contributed by atoms with Gasteiger partial charge in [-0.1, -0.05) is 13.8 Å². The molecule has 0 N–H and O–H groups in total. The average Bonchev–Trinajstić information content (AvgIpc) is 1.89. The Labute approximate surface area is 56.5 Å². The van der Waals surface area contributed by atoms with E-state index in [1.165, 1.54) is 0 Å². The van der Waals surface area contributed by atoms with Crippen LogP contribution in [0.2, 0.25) is 0 Å². The van der Waals surface area contributed by atoms with Gasteiger partial charge in [0.2, 0.25) is 0 Å². The van der Waals surface area contributed by atoms with E-state index < -0.39 is 0 Å². The summed E-state index contributed by atoms with van der Waals surface area (Å²) in [5, 5.41) is 0. The van der Waals surface area contributed by atoms with Gasteiger partial charge in [-0.2, -0.15) is 0 Å². The van der Waals surface area contributed by atoms with E-state index >= 15 is 0 Å². The first kappa shape index (κ1) is 8.23. The van der Waals surface area contributed by atoms with Gasteiger partial charge in [0.1, 0.15) is 6.29 Å². The van der Waals surface area contributed by atoms with Crippen molar-refractivity contribution < 1.29 is 4.79 Å². The molecule has 50 valence electrons. The van der Waals surface area contributed by atoms with Crippen LogP contribution in [-0.2, 0) is 4.79 Å². The highest BCUT2D eigenvalue weighted by Crippen LogP contribution is 1.93. The molecule has 1 heteroatoms. The van der Waals surface area contributed by atoms with Crippen LogP contribution in [0.15, 0.2) is 0 Å². The molecule has 0 heterocycles. The molecule has 0 aliphatic carbocycles. The number of aldehydes is 1. The Balaban J connectivity index is 3.36. The Bertz CT molecular complexity index is 127.